The van der Waals surface area contributed by atoms with E-state index in [1.54, 1.807) is 19.1 Å². The highest BCUT2D eigenvalue weighted by Gasteiger charge is 2.27. The van der Waals surface area contributed by atoms with Gasteiger partial charge in [0.05, 0.1) is 37.5 Å². The first-order valence-corrected chi connectivity index (χ1v) is 12.4. The zero-order chi connectivity index (χ0) is 25.4. The number of carbonyl (C=O) groups excluding carboxylic acids is 1. The SMILES string of the molecule is COc1c(Cl)c(C)c(C(C)=O)c(OCCN2CCOCC2C)c1OCCCCc1ccccc1F. The van der Waals surface area contributed by atoms with Crippen molar-refractivity contribution in [3.8, 4) is 17.2 Å². The van der Waals surface area contributed by atoms with E-state index in [2.05, 4.69) is 11.8 Å². The first-order chi connectivity index (χ1) is 16.8. The first kappa shape index (κ1) is 27.2. The van der Waals surface area contributed by atoms with Gasteiger partial charge in [-0.2, -0.15) is 0 Å². The second-order valence-electron chi connectivity index (χ2n) is 8.77. The molecule has 0 aromatic heterocycles. The molecule has 1 saturated heterocycles. The van der Waals surface area contributed by atoms with Gasteiger partial charge in [-0.05, 0) is 57.2 Å². The van der Waals surface area contributed by atoms with Gasteiger partial charge in [-0.3, -0.25) is 9.69 Å². The van der Waals surface area contributed by atoms with Gasteiger partial charge in [0.25, 0.3) is 0 Å². The molecule has 3 rings (SSSR count). The van der Waals surface area contributed by atoms with E-state index < -0.39 is 0 Å². The molecule has 1 atom stereocenters. The van der Waals surface area contributed by atoms with Crippen molar-refractivity contribution in [1.82, 2.24) is 4.90 Å². The van der Waals surface area contributed by atoms with Gasteiger partial charge >= 0.3 is 0 Å². The van der Waals surface area contributed by atoms with Crippen LogP contribution in [0.4, 0.5) is 4.39 Å². The summed E-state index contributed by atoms with van der Waals surface area (Å²) >= 11 is 6.56. The van der Waals surface area contributed by atoms with Crippen LogP contribution in [0.5, 0.6) is 17.2 Å². The third kappa shape index (κ3) is 6.87. The van der Waals surface area contributed by atoms with Crippen molar-refractivity contribution in [2.75, 3.05) is 46.6 Å². The number of rotatable bonds is 12. The van der Waals surface area contributed by atoms with Crippen LogP contribution < -0.4 is 14.2 Å². The van der Waals surface area contributed by atoms with Crippen molar-refractivity contribution in [2.24, 2.45) is 0 Å². The zero-order valence-corrected chi connectivity index (χ0v) is 21.8. The summed E-state index contributed by atoms with van der Waals surface area (Å²) in [4.78, 5) is 14.9. The average molecular weight is 508 g/mol. The lowest BCUT2D eigenvalue weighted by atomic mass is 10.0. The minimum atomic E-state index is -0.197. The summed E-state index contributed by atoms with van der Waals surface area (Å²) < 4.78 is 37.2. The van der Waals surface area contributed by atoms with E-state index in [0.717, 1.165) is 13.0 Å². The molecular weight excluding hydrogens is 473 g/mol. The van der Waals surface area contributed by atoms with Gasteiger partial charge in [0.15, 0.2) is 17.3 Å². The summed E-state index contributed by atoms with van der Waals surface area (Å²) in [5.74, 6) is 0.668. The number of Topliss-reactive ketones (excluding diaryl/α,β-unsaturated/α-hetero) is 1. The molecule has 1 aliphatic rings. The maximum atomic E-state index is 13.9. The van der Waals surface area contributed by atoms with Crippen LogP contribution in [-0.2, 0) is 11.2 Å². The molecule has 0 aliphatic carbocycles. The fourth-order valence-corrected chi connectivity index (χ4v) is 4.55. The third-order valence-electron chi connectivity index (χ3n) is 6.27. The van der Waals surface area contributed by atoms with Crippen molar-refractivity contribution in [2.45, 2.75) is 46.1 Å². The number of benzene rings is 2. The molecule has 0 N–H and O–H groups in total. The molecule has 6 nitrogen and oxygen atoms in total. The lowest BCUT2D eigenvalue weighted by Crippen LogP contribution is -2.45. The average Bonchev–Trinajstić information content (AvgIpc) is 2.83. The molecule has 0 amide bonds. The maximum Gasteiger partial charge on any atom is 0.205 e. The number of unbranched alkanes of at least 4 members (excludes halogenated alkanes) is 1. The van der Waals surface area contributed by atoms with Crippen LogP contribution >= 0.6 is 11.6 Å². The predicted octanol–water partition coefficient (Wildman–Crippen LogP) is 5.50. The number of hydrogen-bond donors (Lipinski definition) is 0. The van der Waals surface area contributed by atoms with E-state index in [1.165, 1.54) is 20.1 Å². The third-order valence-corrected chi connectivity index (χ3v) is 6.73. The smallest absolute Gasteiger partial charge is 0.205 e. The van der Waals surface area contributed by atoms with Crippen LogP contribution in [0.25, 0.3) is 0 Å². The van der Waals surface area contributed by atoms with Gasteiger partial charge in [-0.15, -0.1) is 0 Å². The topological polar surface area (TPSA) is 57.2 Å². The fraction of sp³-hybridized carbons (Fsp3) is 0.519. The molecule has 1 heterocycles. The second-order valence-corrected chi connectivity index (χ2v) is 9.14. The lowest BCUT2D eigenvalue weighted by Gasteiger charge is -2.33. The summed E-state index contributed by atoms with van der Waals surface area (Å²) in [5.41, 5.74) is 1.67. The summed E-state index contributed by atoms with van der Waals surface area (Å²) in [6, 6.07) is 7.07. The molecule has 0 saturated carbocycles. The summed E-state index contributed by atoms with van der Waals surface area (Å²) in [6.45, 7) is 9.00. The molecule has 35 heavy (non-hydrogen) atoms. The second kappa shape index (κ2) is 13.1. The van der Waals surface area contributed by atoms with Crippen LogP contribution in [0.1, 0.15) is 48.2 Å². The molecule has 1 aliphatic heterocycles. The normalized spacial score (nSPS) is 16.2. The molecule has 0 spiro atoms. The Morgan fingerprint density at radius 3 is 2.60 bits per heavy atom. The number of methoxy groups -OCH3 is 1. The monoisotopic (exact) mass is 507 g/mol. The number of carbonyl (C=O) groups is 1. The molecule has 8 heteroatoms. The Labute approximate surface area is 212 Å². The molecule has 2 aromatic rings. The van der Waals surface area contributed by atoms with E-state index in [4.69, 9.17) is 30.5 Å². The zero-order valence-electron chi connectivity index (χ0n) is 21.0. The van der Waals surface area contributed by atoms with E-state index >= 15 is 0 Å². The van der Waals surface area contributed by atoms with Crippen molar-refractivity contribution in [1.29, 1.82) is 0 Å². The Balaban J connectivity index is 1.74. The molecule has 0 radical (unpaired) electrons. The number of aryl methyl sites for hydroxylation is 1. The van der Waals surface area contributed by atoms with Gasteiger partial charge in [0.2, 0.25) is 5.75 Å². The van der Waals surface area contributed by atoms with Gasteiger partial charge in [0, 0.05) is 19.1 Å². The predicted molar refractivity (Wildman–Crippen MR) is 135 cm³/mol. The van der Waals surface area contributed by atoms with E-state index in [9.17, 15) is 9.18 Å². The fourth-order valence-electron chi connectivity index (χ4n) is 4.29. The van der Waals surface area contributed by atoms with Crippen LogP contribution in [0.3, 0.4) is 0 Å². The Hall–Kier alpha value is -2.35. The highest BCUT2D eigenvalue weighted by atomic mass is 35.5. The number of hydrogen-bond acceptors (Lipinski definition) is 6. The van der Waals surface area contributed by atoms with Crippen molar-refractivity contribution >= 4 is 17.4 Å². The van der Waals surface area contributed by atoms with Crippen molar-refractivity contribution < 1.29 is 28.1 Å². The standard InChI is InChI=1S/C27H35ClFNO5/c1-18-17-33-15-12-30(18)13-16-35-25-23(20(3)31)19(2)24(28)26(32-4)27(25)34-14-8-7-10-21-9-5-6-11-22(21)29/h5-6,9,11,18H,7-8,10,12-17H2,1-4H3. The van der Waals surface area contributed by atoms with E-state index in [0.29, 0.717) is 90.8 Å². The molecule has 192 valence electrons. The number of morpholine rings is 1. The number of nitrogens with zero attached hydrogens (tertiary/aromatic N) is 1. The van der Waals surface area contributed by atoms with Crippen molar-refractivity contribution in [3.63, 3.8) is 0 Å². The number of ketones is 1. The number of halogens is 2. The Bertz CT molecular complexity index is 1020. The lowest BCUT2D eigenvalue weighted by molar-refractivity contribution is -0.00531. The Kier molecular flexibility index (Phi) is 10.2. The van der Waals surface area contributed by atoms with Gasteiger partial charge in [-0.25, -0.2) is 4.39 Å². The Morgan fingerprint density at radius 1 is 1.17 bits per heavy atom. The molecule has 1 fully saturated rings. The van der Waals surface area contributed by atoms with Crippen LogP contribution in [0, 0.1) is 12.7 Å². The first-order valence-electron chi connectivity index (χ1n) is 12.1. The van der Waals surface area contributed by atoms with Gasteiger partial charge < -0.3 is 18.9 Å². The summed E-state index contributed by atoms with van der Waals surface area (Å²) in [7, 11) is 1.51. The quantitative estimate of drug-likeness (QED) is 0.279. The molecule has 1 unspecified atom stereocenters. The van der Waals surface area contributed by atoms with Gasteiger partial charge in [-0.1, -0.05) is 29.8 Å². The maximum absolute atomic E-state index is 13.9. The minimum absolute atomic E-state index is 0.161. The summed E-state index contributed by atoms with van der Waals surface area (Å²) in [6.07, 6.45) is 2.04. The summed E-state index contributed by atoms with van der Waals surface area (Å²) in [5, 5.41) is 0.327. The number of ether oxygens (including phenoxy) is 4. The highest BCUT2D eigenvalue weighted by molar-refractivity contribution is 6.34. The van der Waals surface area contributed by atoms with Gasteiger partial charge in [0.1, 0.15) is 12.4 Å². The van der Waals surface area contributed by atoms with Crippen molar-refractivity contribution in [3.05, 3.63) is 51.8 Å². The minimum Gasteiger partial charge on any atom is -0.491 e. The van der Waals surface area contributed by atoms with Crippen LogP contribution in [-0.4, -0.2) is 63.4 Å². The molecule has 0 bridgehead atoms. The van der Waals surface area contributed by atoms with E-state index in [-0.39, 0.29) is 11.6 Å². The van der Waals surface area contributed by atoms with E-state index in [1.807, 2.05) is 6.07 Å². The molecule has 2 aromatic carbocycles. The van der Waals surface area contributed by atoms with Crippen LogP contribution in [0.15, 0.2) is 24.3 Å². The highest BCUT2D eigenvalue weighted by Crippen LogP contribution is 2.48. The van der Waals surface area contributed by atoms with Crippen LogP contribution in [0.2, 0.25) is 5.02 Å². The Morgan fingerprint density at radius 2 is 1.91 bits per heavy atom. The molecular formula is C27H35ClFNO5. The largest absolute Gasteiger partial charge is 0.491 e.